The van der Waals surface area contributed by atoms with Gasteiger partial charge in [-0.2, -0.15) is 0 Å². The minimum atomic E-state index is -0.599. The molecule has 5 nitrogen and oxygen atoms in total. The van der Waals surface area contributed by atoms with Gasteiger partial charge in [0.1, 0.15) is 18.6 Å². The summed E-state index contributed by atoms with van der Waals surface area (Å²) in [6.45, 7) is 4.39. The van der Waals surface area contributed by atoms with Crippen LogP contribution in [-0.4, -0.2) is 12.6 Å². The van der Waals surface area contributed by atoms with E-state index in [1.165, 1.54) is 30.5 Å². The standard InChI is InChI=1S/C18H18Cl2O5/c1-11(2)5-6-23-17-10-24-13(8-16(17)21)9-25-18(22)12-3-4-14(19)15(20)7-12/h3-4,7-8,10-11H,5-6,9H2,1-2H3. The Hall–Kier alpha value is -1.98. The van der Waals surface area contributed by atoms with Crippen molar-refractivity contribution in [1.29, 1.82) is 0 Å². The fourth-order valence-electron chi connectivity index (χ4n) is 1.87. The monoisotopic (exact) mass is 384 g/mol. The zero-order chi connectivity index (χ0) is 18.4. The predicted octanol–water partition coefficient (Wildman–Crippen LogP) is 4.73. The summed E-state index contributed by atoms with van der Waals surface area (Å²) >= 11 is 11.7. The Morgan fingerprint density at radius 1 is 1.20 bits per heavy atom. The molecule has 0 atom stereocenters. The average Bonchev–Trinajstić information content (AvgIpc) is 2.56. The Kier molecular flexibility index (Phi) is 6.91. The molecule has 0 amide bonds. The van der Waals surface area contributed by atoms with Gasteiger partial charge in [-0.15, -0.1) is 0 Å². The number of halogens is 2. The van der Waals surface area contributed by atoms with Gasteiger partial charge in [0, 0.05) is 6.07 Å². The smallest absolute Gasteiger partial charge is 0.338 e. The average molecular weight is 385 g/mol. The summed E-state index contributed by atoms with van der Waals surface area (Å²) < 4.78 is 15.8. The lowest BCUT2D eigenvalue weighted by Crippen LogP contribution is -2.11. The van der Waals surface area contributed by atoms with Crippen LogP contribution in [0.5, 0.6) is 5.75 Å². The normalized spacial score (nSPS) is 10.8. The van der Waals surface area contributed by atoms with E-state index in [2.05, 4.69) is 13.8 Å². The van der Waals surface area contributed by atoms with Crippen LogP contribution in [0.4, 0.5) is 0 Å². The van der Waals surface area contributed by atoms with Gasteiger partial charge in [-0.1, -0.05) is 37.0 Å². The summed E-state index contributed by atoms with van der Waals surface area (Å²) in [7, 11) is 0. The van der Waals surface area contributed by atoms with Gasteiger partial charge in [-0.05, 0) is 30.5 Å². The topological polar surface area (TPSA) is 65.7 Å². The first-order valence-corrected chi connectivity index (χ1v) is 8.49. The molecule has 1 heterocycles. The number of hydrogen-bond acceptors (Lipinski definition) is 5. The molecule has 7 heteroatoms. The molecule has 0 saturated carbocycles. The fraction of sp³-hybridized carbons (Fsp3) is 0.333. The Labute approximate surface area is 155 Å². The molecule has 1 aromatic heterocycles. The van der Waals surface area contributed by atoms with Crippen LogP contribution >= 0.6 is 23.2 Å². The van der Waals surface area contributed by atoms with Gasteiger partial charge in [0.15, 0.2) is 0 Å². The van der Waals surface area contributed by atoms with Gasteiger partial charge >= 0.3 is 5.97 Å². The Morgan fingerprint density at radius 2 is 1.96 bits per heavy atom. The van der Waals surface area contributed by atoms with Gasteiger partial charge in [-0.3, -0.25) is 4.79 Å². The molecule has 0 spiro atoms. The number of benzene rings is 1. The second-order valence-electron chi connectivity index (χ2n) is 5.81. The van der Waals surface area contributed by atoms with Crippen molar-refractivity contribution in [2.75, 3.05) is 6.61 Å². The fourth-order valence-corrected chi connectivity index (χ4v) is 2.17. The third kappa shape index (κ3) is 5.80. The van der Waals surface area contributed by atoms with Crippen LogP contribution in [0.15, 0.2) is 39.7 Å². The zero-order valence-corrected chi connectivity index (χ0v) is 15.4. The highest BCUT2D eigenvalue weighted by atomic mass is 35.5. The number of ether oxygens (including phenoxy) is 2. The molecule has 0 aliphatic rings. The molecule has 2 aromatic rings. The maximum Gasteiger partial charge on any atom is 0.338 e. The van der Waals surface area contributed by atoms with E-state index in [1.807, 2.05) is 0 Å². The van der Waals surface area contributed by atoms with Gasteiger partial charge in [0.25, 0.3) is 0 Å². The SMILES string of the molecule is CC(C)CCOc1coc(COC(=O)c2ccc(Cl)c(Cl)c2)cc1=O. The van der Waals surface area contributed by atoms with E-state index >= 15 is 0 Å². The summed E-state index contributed by atoms with van der Waals surface area (Å²) in [5, 5.41) is 0.600. The van der Waals surface area contributed by atoms with Crippen LogP contribution in [-0.2, 0) is 11.3 Å². The lowest BCUT2D eigenvalue weighted by Gasteiger charge is -2.08. The molecule has 0 N–H and O–H groups in total. The summed E-state index contributed by atoms with van der Waals surface area (Å²) in [4.78, 5) is 23.9. The number of hydrogen-bond donors (Lipinski definition) is 0. The van der Waals surface area contributed by atoms with Crippen LogP contribution in [0.3, 0.4) is 0 Å². The van der Waals surface area contributed by atoms with Crippen molar-refractivity contribution in [3.05, 3.63) is 62.1 Å². The first-order valence-electron chi connectivity index (χ1n) is 7.73. The highest BCUT2D eigenvalue weighted by Crippen LogP contribution is 2.23. The molecule has 0 radical (unpaired) electrons. The molecular formula is C18H18Cl2O5. The molecule has 0 unspecified atom stereocenters. The largest absolute Gasteiger partial charge is 0.487 e. The third-order valence-electron chi connectivity index (χ3n) is 3.31. The highest BCUT2D eigenvalue weighted by molar-refractivity contribution is 6.42. The molecule has 134 valence electrons. The number of carbonyl (C=O) groups is 1. The van der Waals surface area contributed by atoms with E-state index in [0.29, 0.717) is 17.5 Å². The number of rotatable bonds is 7. The van der Waals surface area contributed by atoms with Crippen molar-refractivity contribution in [2.24, 2.45) is 5.92 Å². The molecular weight excluding hydrogens is 367 g/mol. The van der Waals surface area contributed by atoms with Crippen LogP contribution in [0.25, 0.3) is 0 Å². The second kappa shape index (κ2) is 8.92. The Bertz CT molecular complexity index is 798. The molecule has 0 aliphatic heterocycles. The number of carbonyl (C=O) groups excluding carboxylic acids is 1. The van der Waals surface area contributed by atoms with E-state index in [0.717, 1.165) is 6.42 Å². The molecule has 0 saturated heterocycles. The van der Waals surface area contributed by atoms with E-state index in [-0.39, 0.29) is 34.1 Å². The lowest BCUT2D eigenvalue weighted by molar-refractivity contribution is 0.0442. The van der Waals surface area contributed by atoms with Crippen molar-refractivity contribution < 1.29 is 18.7 Å². The number of esters is 1. The van der Waals surface area contributed by atoms with Crippen molar-refractivity contribution in [2.45, 2.75) is 26.9 Å². The van der Waals surface area contributed by atoms with Crippen LogP contribution in [0, 0.1) is 5.92 Å². The first kappa shape index (κ1) is 19.3. The lowest BCUT2D eigenvalue weighted by atomic mass is 10.1. The molecule has 0 aliphatic carbocycles. The Morgan fingerprint density at radius 3 is 2.60 bits per heavy atom. The summed E-state index contributed by atoms with van der Waals surface area (Å²) in [5.41, 5.74) is -0.0685. The maximum atomic E-state index is 12.0. The summed E-state index contributed by atoms with van der Waals surface area (Å²) in [6.07, 6.45) is 2.06. The summed E-state index contributed by atoms with van der Waals surface area (Å²) in [6, 6.07) is 5.66. The minimum Gasteiger partial charge on any atom is -0.487 e. The van der Waals surface area contributed by atoms with E-state index in [9.17, 15) is 9.59 Å². The van der Waals surface area contributed by atoms with Gasteiger partial charge < -0.3 is 13.9 Å². The second-order valence-corrected chi connectivity index (χ2v) is 6.63. The summed E-state index contributed by atoms with van der Waals surface area (Å²) in [5.74, 6) is 0.236. The van der Waals surface area contributed by atoms with Gasteiger partial charge in [-0.25, -0.2) is 4.79 Å². The highest BCUT2D eigenvalue weighted by Gasteiger charge is 2.12. The van der Waals surface area contributed by atoms with Crippen molar-refractivity contribution in [3.8, 4) is 5.75 Å². The maximum absolute atomic E-state index is 12.0. The molecule has 1 aromatic carbocycles. The van der Waals surface area contributed by atoms with Crippen LogP contribution in [0.2, 0.25) is 10.0 Å². The zero-order valence-electron chi connectivity index (χ0n) is 13.9. The van der Waals surface area contributed by atoms with Gasteiger partial charge in [0.05, 0.1) is 22.2 Å². The third-order valence-corrected chi connectivity index (χ3v) is 4.04. The van der Waals surface area contributed by atoms with E-state index < -0.39 is 5.97 Å². The van der Waals surface area contributed by atoms with E-state index in [4.69, 9.17) is 37.1 Å². The van der Waals surface area contributed by atoms with Crippen LogP contribution < -0.4 is 10.2 Å². The van der Waals surface area contributed by atoms with E-state index in [1.54, 1.807) is 0 Å². The van der Waals surface area contributed by atoms with Crippen LogP contribution in [0.1, 0.15) is 36.4 Å². The Balaban J connectivity index is 1.94. The quantitative estimate of drug-likeness (QED) is 0.645. The molecule has 0 bridgehead atoms. The van der Waals surface area contributed by atoms with Crippen molar-refractivity contribution >= 4 is 29.2 Å². The predicted molar refractivity (Wildman–Crippen MR) is 95.5 cm³/mol. The minimum absolute atomic E-state index is 0.139. The molecule has 0 fully saturated rings. The molecule has 2 rings (SSSR count). The first-order chi connectivity index (χ1) is 11.9. The van der Waals surface area contributed by atoms with Gasteiger partial charge in [0.2, 0.25) is 11.2 Å². The van der Waals surface area contributed by atoms with Crippen molar-refractivity contribution in [3.63, 3.8) is 0 Å². The van der Waals surface area contributed by atoms with Crippen molar-refractivity contribution in [1.82, 2.24) is 0 Å². The molecule has 25 heavy (non-hydrogen) atoms.